The lowest BCUT2D eigenvalue weighted by Gasteiger charge is -2.11. The van der Waals surface area contributed by atoms with Crippen LogP contribution in [0.25, 0.3) is 10.2 Å². The fourth-order valence-corrected chi connectivity index (χ4v) is 4.63. The molecule has 2 heterocycles. The maximum absolute atomic E-state index is 13.0. The van der Waals surface area contributed by atoms with E-state index in [-0.39, 0.29) is 17.1 Å². The molecule has 0 amide bonds. The van der Waals surface area contributed by atoms with Crippen molar-refractivity contribution >= 4 is 39.1 Å². The molecule has 1 aromatic carbocycles. The van der Waals surface area contributed by atoms with Gasteiger partial charge in [0, 0.05) is 17.6 Å². The number of carbonyl (C=O) groups is 1. The predicted octanol–water partition coefficient (Wildman–Crippen LogP) is 3.70. The van der Waals surface area contributed by atoms with Crippen molar-refractivity contribution in [3.05, 3.63) is 56.7 Å². The number of thiophene rings is 1. The number of thioether (sulfide) groups is 1. The zero-order valence-electron chi connectivity index (χ0n) is 14.9. The van der Waals surface area contributed by atoms with Crippen molar-refractivity contribution < 1.29 is 9.53 Å². The number of hydrogen-bond acceptors (Lipinski definition) is 6. The van der Waals surface area contributed by atoms with Crippen molar-refractivity contribution in [2.45, 2.75) is 25.5 Å². The average Bonchev–Trinajstić information content (AvgIpc) is 2.94. The van der Waals surface area contributed by atoms with Crippen molar-refractivity contribution in [2.24, 2.45) is 0 Å². The lowest BCUT2D eigenvalue weighted by Crippen LogP contribution is -2.25. The minimum atomic E-state index is -0.0661. The Hall–Kier alpha value is -1.96. The molecule has 0 aliphatic heterocycles. The van der Waals surface area contributed by atoms with Crippen molar-refractivity contribution in [1.29, 1.82) is 0 Å². The second kappa shape index (κ2) is 8.16. The zero-order chi connectivity index (χ0) is 18.7. The van der Waals surface area contributed by atoms with Gasteiger partial charge in [0.15, 0.2) is 10.9 Å². The third kappa shape index (κ3) is 3.75. The average molecular weight is 389 g/mol. The molecule has 0 radical (unpaired) electrons. The van der Waals surface area contributed by atoms with Crippen LogP contribution in [0.4, 0.5) is 0 Å². The second-order valence-corrected chi connectivity index (χ2v) is 8.03. The van der Waals surface area contributed by atoms with Gasteiger partial charge < -0.3 is 4.74 Å². The quantitative estimate of drug-likeness (QED) is 0.351. The summed E-state index contributed by atoms with van der Waals surface area (Å²) >= 11 is 2.81. The van der Waals surface area contributed by atoms with E-state index in [9.17, 15) is 9.59 Å². The molecular weight excluding hydrogens is 368 g/mol. The first-order valence-corrected chi connectivity index (χ1v) is 10.0. The minimum absolute atomic E-state index is 0.0155. The van der Waals surface area contributed by atoms with Gasteiger partial charge in [0.1, 0.15) is 4.83 Å². The topological polar surface area (TPSA) is 61.2 Å². The molecule has 136 valence electrons. The maximum Gasteiger partial charge on any atom is 0.263 e. The number of carbonyl (C=O) groups excluding carboxylic acids is 1. The molecule has 0 fully saturated rings. The Morgan fingerprint density at radius 1 is 1.27 bits per heavy atom. The molecule has 3 aromatic rings. The number of hydrogen-bond donors (Lipinski definition) is 0. The molecular formula is C19H20N2O3S2. The van der Waals surface area contributed by atoms with E-state index in [2.05, 4.69) is 4.98 Å². The predicted molar refractivity (Wildman–Crippen MR) is 107 cm³/mol. The molecule has 2 aromatic heterocycles. The van der Waals surface area contributed by atoms with Crippen LogP contribution in [0.3, 0.4) is 0 Å². The monoisotopic (exact) mass is 388 g/mol. The summed E-state index contributed by atoms with van der Waals surface area (Å²) in [5.41, 5.74) is 1.57. The molecule has 0 N–H and O–H groups in total. The number of nitrogens with zero attached hydrogens (tertiary/aromatic N) is 2. The molecule has 0 saturated carbocycles. The third-order valence-corrected chi connectivity index (χ3v) is 6.28. The summed E-state index contributed by atoms with van der Waals surface area (Å²) in [6.07, 6.45) is 0. The Morgan fingerprint density at radius 2 is 2.00 bits per heavy atom. The van der Waals surface area contributed by atoms with Gasteiger partial charge in [-0.05, 0) is 19.4 Å². The molecule has 0 bridgehead atoms. The molecule has 7 heteroatoms. The highest BCUT2D eigenvalue weighted by atomic mass is 32.2. The van der Waals surface area contributed by atoms with Crippen LogP contribution >= 0.6 is 23.1 Å². The Morgan fingerprint density at radius 3 is 2.69 bits per heavy atom. The SMILES string of the molecule is COCCn1c(SCC(=O)c2ccccc2)nc2sc(C)c(C)c2c1=O. The number of methoxy groups -OCH3 is 1. The molecule has 0 unspecified atom stereocenters. The largest absolute Gasteiger partial charge is 0.383 e. The van der Waals surface area contributed by atoms with Crippen LogP contribution in [0.1, 0.15) is 20.8 Å². The number of fused-ring (bicyclic) bond motifs is 1. The van der Waals surface area contributed by atoms with Gasteiger partial charge in [0.05, 0.1) is 24.3 Å². The van der Waals surface area contributed by atoms with E-state index >= 15 is 0 Å². The Bertz CT molecular complexity index is 993. The summed E-state index contributed by atoms with van der Waals surface area (Å²) in [7, 11) is 1.60. The molecule has 5 nitrogen and oxygen atoms in total. The number of benzene rings is 1. The third-order valence-electron chi connectivity index (χ3n) is 4.20. The van der Waals surface area contributed by atoms with Crippen LogP contribution in [0.15, 0.2) is 40.3 Å². The Balaban J connectivity index is 1.95. The highest BCUT2D eigenvalue weighted by Crippen LogP contribution is 2.28. The second-order valence-electron chi connectivity index (χ2n) is 5.89. The molecule has 0 aliphatic carbocycles. The molecule has 0 saturated heterocycles. The first-order chi connectivity index (χ1) is 12.5. The summed E-state index contributed by atoms with van der Waals surface area (Å²) in [5, 5.41) is 1.23. The van der Waals surface area contributed by atoms with Crippen LogP contribution in [0.5, 0.6) is 0 Å². The van der Waals surface area contributed by atoms with Gasteiger partial charge in [-0.2, -0.15) is 0 Å². The normalized spacial score (nSPS) is 11.2. The lowest BCUT2D eigenvalue weighted by molar-refractivity contribution is 0.102. The van der Waals surface area contributed by atoms with E-state index in [0.717, 1.165) is 15.3 Å². The number of ether oxygens (including phenoxy) is 1. The van der Waals surface area contributed by atoms with Crippen LogP contribution in [-0.4, -0.2) is 34.8 Å². The van der Waals surface area contributed by atoms with E-state index in [1.54, 1.807) is 23.8 Å². The van der Waals surface area contributed by atoms with Crippen LogP contribution < -0.4 is 5.56 Å². The van der Waals surface area contributed by atoms with Gasteiger partial charge >= 0.3 is 0 Å². The van der Waals surface area contributed by atoms with Gasteiger partial charge in [-0.25, -0.2) is 4.98 Å². The van der Waals surface area contributed by atoms with Crippen molar-refractivity contribution in [3.63, 3.8) is 0 Å². The van der Waals surface area contributed by atoms with Crippen LogP contribution in [-0.2, 0) is 11.3 Å². The van der Waals surface area contributed by atoms with Gasteiger partial charge in [0.25, 0.3) is 5.56 Å². The smallest absolute Gasteiger partial charge is 0.263 e. The summed E-state index contributed by atoms with van der Waals surface area (Å²) in [4.78, 5) is 31.9. The van der Waals surface area contributed by atoms with E-state index in [4.69, 9.17) is 4.74 Å². The fourth-order valence-electron chi connectivity index (χ4n) is 2.64. The first kappa shape index (κ1) is 18.8. The fraction of sp³-hybridized carbons (Fsp3) is 0.316. The standard InChI is InChI=1S/C19H20N2O3S2/c1-12-13(2)26-17-16(12)18(23)21(9-10-24-3)19(20-17)25-11-15(22)14-7-5-4-6-8-14/h4-8H,9-11H2,1-3H3. The number of ketones is 1. The molecule has 3 rings (SSSR count). The number of aryl methyl sites for hydroxylation is 2. The van der Waals surface area contributed by atoms with Crippen LogP contribution in [0.2, 0.25) is 0 Å². The highest BCUT2D eigenvalue weighted by molar-refractivity contribution is 7.99. The Kier molecular flexibility index (Phi) is 5.90. The molecule has 26 heavy (non-hydrogen) atoms. The highest BCUT2D eigenvalue weighted by Gasteiger charge is 2.17. The maximum atomic E-state index is 13.0. The van der Waals surface area contributed by atoms with E-state index in [1.807, 2.05) is 32.0 Å². The summed E-state index contributed by atoms with van der Waals surface area (Å²) < 4.78 is 6.76. The van der Waals surface area contributed by atoms with Crippen molar-refractivity contribution in [3.8, 4) is 0 Å². The van der Waals surface area contributed by atoms with Gasteiger partial charge in [-0.15, -0.1) is 11.3 Å². The summed E-state index contributed by atoms with van der Waals surface area (Å²) in [6, 6.07) is 9.15. The summed E-state index contributed by atoms with van der Waals surface area (Å²) in [5.74, 6) is 0.250. The molecule has 0 spiro atoms. The van der Waals surface area contributed by atoms with Gasteiger partial charge in [0.2, 0.25) is 0 Å². The molecule has 0 atom stereocenters. The van der Waals surface area contributed by atoms with Gasteiger partial charge in [-0.3, -0.25) is 14.2 Å². The van der Waals surface area contributed by atoms with Crippen LogP contribution in [0, 0.1) is 13.8 Å². The number of aromatic nitrogens is 2. The van der Waals surface area contributed by atoms with E-state index in [1.165, 1.54) is 23.1 Å². The lowest BCUT2D eigenvalue weighted by atomic mass is 10.2. The van der Waals surface area contributed by atoms with Gasteiger partial charge in [-0.1, -0.05) is 42.1 Å². The first-order valence-electron chi connectivity index (χ1n) is 8.23. The zero-order valence-corrected chi connectivity index (χ0v) is 16.6. The number of rotatable bonds is 7. The van der Waals surface area contributed by atoms with E-state index in [0.29, 0.717) is 29.3 Å². The van der Waals surface area contributed by atoms with E-state index < -0.39 is 0 Å². The van der Waals surface area contributed by atoms with Crippen molar-refractivity contribution in [1.82, 2.24) is 9.55 Å². The Labute approximate surface area is 160 Å². The minimum Gasteiger partial charge on any atom is -0.383 e. The summed E-state index contributed by atoms with van der Waals surface area (Å²) in [6.45, 7) is 4.76. The van der Waals surface area contributed by atoms with Crippen molar-refractivity contribution in [2.75, 3.05) is 19.5 Å². The molecule has 0 aliphatic rings. The number of Topliss-reactive ketones (excluding diaryl/α,β-unsaturated/α-hetero) is 1.